The monoisotopic (exact) mass is 270 g/mol. The molecule has 1 aromatic rings. The summed E-state index contributed by atoms with van der Waals surface area (Å²) in [5.74, 6) is 1.37. The number of anilines is 1. The van der Waals surface area contributed by atoms with E-state index in [1.807, 2.05) is 0 Å². The molecule has 0 atom stereocenters. The molecular formula is C11H18N4O2S. The van der Waals surface area contributed by atoms with Crippen molar-refractivity contribution in [1.82, 2.24) is 14.9 Å². The van der Waals surface area contributed by atoms with E-state index in [0.717, 1.165) is 25.3 Å². The molecule has 1 saturated heterocycles. The van der Waals surface area contributed by atoms with Crippen LogP contribution in [-0.2, 0) is 9.84 Å². The topological polar surface area (TPSA) is 75.2 Å². The number of hydrogen-bond donors (Lipinski definition) is 1. The normalized spacial score (nSPS) is 19.6. The zero-order valence-corrected chi connectivity index (χ0v) is 11.1. The second-order valence-electron chi connectivity index (χ2n) is 4.36. The quantitative estimate of drug-likeness (QED) is 0.760. The van der Waals surface area contributed by atoms with Crippen LogP contribution in [0.3, 0.4) is 0 Å². The lowest BCUT2D eigenvalue weighted by Crippen LogP contribution is -2.41. The van der Waals surface area contributed by atoms with Gasteiger partial charge in [-0.3, -0.25) is 4.98 Å². The van der Waals surface area contributed by atoms with Gasteiger partial charge in [-0.1, -0.05) is 0 Å². The molecule has 0 spiro atoms. The van der Waals surface area contributed by atoms with Crippen LogP contribution < -0.4 is 5.32 Å². The van der Waals surface area contributed by atoms with Gasteiger partial charge in [0.15, 0.2) is 9.84 Å². The molecule has 0 aliphatic carbocycles. The summed E-state index contributed by atoms with van der Waals surface area (Å²) in [6.07, 6.45) is 5.95. The van der Waals surface area contributed by atoms with Crippen molar-refractivity contribution in [3.8, 4) is 0 Å². The van der Waals surface area contributed by atoms with Crippen LogP contribution in [-0.4, -0.2) is 61.0 Å². The van der Waals surface area contributed by atoms with E-state index in [9.17, 15) is 8.42 Å². The molecule has 1 aliphatic rings. The van der Waals surface area contributed by atoms with Crippen LogP contribution in [0, 0.1) is 0 Å². The Balaban J connectivity index is 1.62. The van der Waals surface area contributed by atoms with Gasteiger partial charge in [-0.25, -0.2) is 13.4 Å². The predicted octanol–water partition coefficient (Wildman–Crippen LogP) is 0.00900. The summed E-state index contributed by atoms with van der Waals surface area (Å²) in [6, 6.07) is 0. The van der Waals surface area contributed by atoms with E-state index >= 15 is 0 Å². The Hall–Kier alpha value is -1.21. The Bertz CT molecular complexity index is 449. The highest BCUT2D eigenvalue weighted by atomic mass is 32.2. The van der Waals surface area contributed by atoms with Crippen molar-refractivity contribution in [1.29, 1.82) is 0 Å². The molecule has 18 heavy (non-hydrogen) atoms. The van der Waals surface area contributed by atoms with E-state index in [4.69, 9.17) is 0 Å². The lowest BCUT2D eigenvalue weighted by molar-refractivity contribution is 0.294. The molecule has 1 N–H and O–H groups in total. The Morgan fingerprint density at radius 1 is 1.28 bits per heavy atom. The first kappa shape index (κ1) is 13.2. The van der Waals surface area contributed by atoms with Crippen LogP contribution in [0.2, 0.25) is 0 Å². The molecule has 100 valence electrons. The smallest absolute Gasteiger partial charge is 0.152 e. The van der Waals surface area contributed by atoms with Crippen LogP contribution in [0.15, 0.2) is 18.6 Å². The Morgan fingerprint density at radius 3 is 2.72 bits per heavy atom. The molecule has 1 fully saturated rings. The molecule has 0 saturated carbocycles. The zero-order chi connectivity index (χ0) is 12.8. The Labute approximate surface area is 107 Å². The predicted molar refractivity (Wildman–Crippen MR) is 70.2 cm³/mol. The van der Waals surface area contributed by atoms with Crippen molar-refractivity contribution in [2.45, 2.75) is 6.42 Å². The average Bonchev–Trinajstić information content (AvgIpc) is 2.37. The van der Waals surface area contributed by atoms with Crippen LogP contribution in [0.25, 0.3) is 0 Å². The number of nitrogens with zero attached hydrogens (tertiary/aromatic N) is 3. The fourth-order valence-corrected chi connectivity index (χ4v) is 3.16. The SMILES string of the molecule is O=S1(=O)CCN(CCCNc2cnccn2)CC1. The molecule has 0 aromatic carbocycles. The van der Waals surface area contributed by atoms with Crippen LogP contribution >= 0.6 is 0 Å². The number of aromatic nitrogens is 2. The second-order valence-corrected chi connectivity index (χ2v) is 6.67. The minimum absolute atomic E-state index is 0.296. The molecule has 0 amide bonds. The lowest BCUT2D eigenvalue weighted by atomic mass is 10.3. The van der Waals surface area contributed by atoms with Gasteiger partial charge in [0.1, 0.15) is 5.82 Å². The highest BCUT2D eigenvalue weighted by Gasteiger charge is 2.20. The first-order valence-electron chi connectivity index (χ1n) is 6.08. The molecule has 0 bridgehead atoms. The van der Waals surface area contributed by atoms with E-state index in [2.05, 4.69) is 20.2 Å². The molecule has 0 radical (unpaired) electrons. The first-order valence-corrected chi connectivity index (χ1v) is 7.90. The third-order valence-electron chi connectivity index (χ3n) is 2.96. The third-order valence-corrected chi connectivity index (χ3v) is 4.57. The number of hydrogen-bond acceptors (Lipinski definition) is 6. The second kappa shape index (κ2) is 6.10. The average molecular weight is 270 g/mol. The van der Waals surface area contributed by atoms with Gasteiger partial charge in [0, 0.05) is 32.0 Å². The number of sulfone groups is 1. The highest BCUT2D eigenvalue weighted by Crippen LogP contribution is 2.04. The van der Waals surface area contributed by atoms with Crippen molar-refractivity contribution in [3.63, 3.8) is 0 Å². The van der Waals surface area contributed by atoms with Gasteiger partial charge in [0.2, 0.25) is 0 Å². The summed E-state index contributed by atoms with van der Waals surface area (Å²) in [6.45, 7) is 3.06. The van der Waals surface area contributed by atoms with Gasteiger partial charge < -0.3 is 10.2 Å². The molecule has 7 heteroatoms. The van der Waals surface area contributed by atoms with Gasteiger partial charge in [-0.2, -0.15) is 0 Å². The summed E-state index contributed by atoms with van der Waals surface area (Å²) in [7, 11) is -2.76. The van der Waals surface area contributed by atoms with E-state index in [-0.39, 0.29) is 0 Å². The summed E-state index contributed by atoms with van der Waals surface area (Å²) < 4.78 is 22.5. The van der Waals surface area contributed by atoms with Crippen molar-refractivity contribution in [2.24, 2.45) is 0 Å². The summed E-state index contributed by atoms with van der Waals surface area (Å²) >= 11 is 0. The van der Waals surface area contributed by atoms with E-state index < -0.39 is 9.84 Å². The summed E-state index contributed by atoms with van der Waals surface area (Å²) in [5.41, 5.74) is 0. The highest BCUT2D eigenvalue weighted by molar-refractivity contribution is 7.91. The lowest BCUT2D eigenvalue weighted by Gasteiger charge is -2.26. The summed E-state index contributed by atoms with van der Waals surface area (Å²) in [4.78, 5) is 10.3. The maximum atomic E-state index is 11.3. The van der Waals surface area contributed by atoms with Gasteiger partial charge in [0.25, 0.3) is 0 Å². The minimum Gasteiger partial charge on any atom is -0.369 e. The number of nitrogens with one attached hydrogen (secondary N) is 1. The van der Waals surface area contributed by atoms with Crippen molar-refractivity contribution < 1.29 is 8.42 Å². The van der Waals surface area contributed by atoms with E-state index in [0.29, 0.717) is 24.6 Å². The van der Waals surface area contributed by atoms with Gasteiger partial charge in [0.05, 0.1) is 17.7 Å². The third kappa shape index (κ3) is 4.23. The van der Waals surface area contributed by atoms with Gasteiger partial charge in [-0.05, 0) is 13.0 Å². The van der Waals surface area contributed by atoms with E-state index in [1.165, 1.54) is 0 Å². The van der Waals surface area contributed by atoms with Crippen LogP contribution in [0.5, 0.6) is 0 Å². The van der Waals surface area contributed by atoms with Gasteiger partial charge >= 0.3 is 0 Å². The van der Waals surface area contributed by atoms with Crippen molar-refractivity contribution in [2.75, 3.05) is 43.0 Å². The molecule has 0 unspecified atom stereocenters. The fourth-order valence-electron chi connectivity index (χ4n) is 1.88. The Kier molecular flexibility index (Phi) is 4.48. The number of rotatable bonds is 5. The van der Waals surface area contributed by atoms with Crippen molar-refractivity contribution >= 4 is 15.7 Å². The maximum Gasteiger partial charge on any atom is 0.152 e. The molecule has 2 rings (SSSR count). The molecule has 2 heterocycles. The minimum atomic E-state index is -2.76. The molecule has 6 nitrogen and oxygen atoms in total. The van der Waals surface area contributed by atoms with Crippen LogP contribution in [0.1, 0.15) is 6.42 Å². The standard InChI is InChI=1S/C11H18N4O2S/c16-18(17)8-6-15(7-9-18)5-1-2-13-11-10-12-3-4-14-11/h3-4,10H,1-2,5-9H2,(H,13,14). The molecule has 1 aromatic heterocycles. The van der Waals surface area contributed by atoms with Gasteiger partial charge in [-0.15, -0.1) is 0 Å². The molecule has 1 aliphatic heterocycles. The first-order chi connectivity index (χ1) is 8.66. The largest absolute Gasteiger partial charge is 0.369 e. The molecular weight excluding hydrogens is 252 g/mol. The van der Waals surface area contributed by atoms with Crippen LogP contribution in [0.4, 0.5) is 5.82 Å². The fraction of sp³-hybridized carbons (Fsp3) is 0.636. The maximum absolute atomic E-state index is 11.3. The van der Waals surface area contributed by atoms with Crippen molar-refractivity contribution in [3.05, 3.63) is 18.6 Å². The Morgan fingerprint density at radius 2 is 2.06 bits per heavy atom. The van der Waals surface area contributed by atoms with E-state index in [1.54, 1.807) is 18.6 Å². The zero-order valence-electron chi connectivity index (χ0n) is 10.2. The summed E-state index contributed by atoms with van der Waals surface area (Å²) in [5, 5.41) is 3.18.